The summed E-state index contributed by atoms with van der Waals surface area (Å²) in [5.41, 5.74) is 5.19. The SMILES string of the molecule is CN(CCO)C(=O)C(=O)N1CCC(C(N)=O)CC1. The van der Waals surface area contributed by atoms with Crippen LogP contribution in [0.4, 0.5) is 0 Å². The number of primary amides is 1. The van der Waals surface area contributed by atoms with Crippen molar-refractivity contribution in [2.75, 3.05) is 33.3 Å². The Hall–Kier alpha value is -1.63. The third-order valence-corrected chi connectivity index (χ3v) is 3.15. The predicted octanol–water partition coefficient (Wildman–Crippen LogP) is -1.84. The molecule has 7 heteroatoms. The van der Waals surface area contributed by atoms with Gasteiger partial charge >= 0.3 is 11.8 Å². The number of hydrogen-bond acceptors (Lipinski definition) is 4. The van der Waals surface area contributed by atoms with E-state index in [4.69, 9.17) is 10.8 Å². The molecule has 0 atom stereocenters. The number of rotatable bonds is 3. The summed E-state index contributed by atoms with van der Waals surface area (Å²) in [7, 11) is 1.46. The highest BCUT2D eigenvalue weighted by molar-refractivity contribution is 6.34. The lowest BCUT2D eigenvalue weighted by Crippen LogP contribution is -2.48. The Morgan fingerprint density at radius 1 is 1.33 bits per heavy atom. The molecule has 0 saturated carbocycles. The molecule has 0 aromatic rings. The maximum atomic E-state index is 11.8. The summed E-state index contributed by atoms with van der Waals surface area (Å²) in [6.07, 6.45) is 0.996. The van der Waals surface area contributed by atoms with Crippen molar-refractivity contribution in [3.05, 3.63) is 0 Å². The molecule has 1 aliphatic rings. The number of aliphatic hydroxyl groups is 1. The number of amides is 3. The number of carbonyl (C=O) groups excluding carboxylic acids is 3. The number of likely N-dealkylation sites (N-methyl/N-ethyl adjacent to an activating group) is 1. The number of nitrogens with zero attached hydrogens (tertiary/aromatic N) is 2. The second kappa shape index (κ2) is 6.34. The van der Waals surface area contributed by atoms with Gasteiger partial charge in [0.1, 0.15) is 0 Å². The minimum atomic E-state index is -0.637. The second-order valence-corrected chi connectivity index (χ2v) is 4.42. The number of hydrogen-bond donors (Lipinski definition) is 2. The van der Waals surface area contributed by atoms with E-state index in [1.807, 2.05) is 0 Å². The monoisotopic (exact) mass is 257 g/mol. The first-order chi connectivity index (χ1) is 8.47. The van der Waals surface area contributed by atoms with Crippen molar-refractivity contribution in [1.29, 1.82) is 0 Å². The van der Waals surface area contributed by atoms with Crippen molar-refractivity contribution < 1.29 is 19.5 Å². The highest BCUT2D eigenvalue weighted by Gasteiger charge is 2.30. The van der Waals surface area contributed by atoms with Crippen LogP contribution in [-0.2, 0) is 14.4 Å². The molecule has 0 radical (unpaired) electrons. The molecule has 18 heavy (non-hydrogen) atoms. The summed E-state index contributed by atoms with van der Waals surface area (Å²) in [6.45, 7) is 0.678. The van der Waals surface area contributed by atoms with Crippen molar-refractivity contribution in [3.8, 4) is 0 Å². The molecule has 0 aromatic carbocycles. The highest BCUT2D eigenvalue weighted by Crippen LogP contribution is 2.16. The van der Waals surface area contributed by atoms with Gasteiger partial charge in [-0.3, -0.25) is 14.4 Å². The van der Waals surface area contributed by atoms with Crippen molar-refractivity contribution >= 4 is 17.7 Å². The van der Waals surface area contributed by atoms with Gasteiger partial charge in [0.2, 0.25) is 5.91 Å². The van der Waals surface area contributed by atoms with E-state index in [0.717, 1.165) is 0 Å². The van der Waals surface area contributed by atoms with Crippen LogP contribution in [0.2, 0.25) is 0 Å². The molecule has 3 N–H and O–H groups in total. The maximum Gasteiger partial charge on any atom is 0.312 e. The number of nitrogens with two attached hydrogens (primary N) is 1. The van der Waals surface area contributed by atoms with E-state index in [1.54, 1.807) is 0 Å². The van der Waals surface area contributed by atoms with Crippen LogP contribution in [0, 0.1) is 5.92 Å². The zero-order valence-electron chi connectivity index (χ0n) is 10.5. The summed E-state index contributed by atoms with van der Waals surface area (Å²) in [4.78, 5) is 37.1. The van der Waals surface area contributed by atoms with E-state index < -0.39 is 11.8 Å². The molecule has 0 bridgehead atoms. The Kier molecular flexibility index (Phi) is 5.08. The van der Waals surface area contributed by atoms with Crippen molar-refractivity contribution in [1.82, 2.24) is 9.80 Å². The van der Waals surface area contributed by atoms with Gasteiger partial charge in [0, 0.05) is 32.6 Å². The predicted molar refractivity (Wildman–Crippen MR) is 63.2 cm³/mol. The van der Waals surface area contributed by atoms with Crippen LogP contribution >= 0.6 is 0 Å². The van der Waals surface area contributed by atoms with Gasteiger partial charge in [0.25, 0.3) is 0 Å². The molecule has 1 fully saturated rings. The van der Waals surface area contributed by atoms with Crippen molar-refractivity contribution in [2.24, 2.45) is 11.7 Å². The van der Waals surface area contributed by atoms with Crippen LogP contribution in [0.5, 0.6) is 0 Å². The smallest absolute Gasteiger partial charge is 0.312 e. The largest absolute Gasteiger partial charge is 0.395 e. The van der Waals surface area contributed by atoms with Gasteiger partial charge in [-0.1, -0.05) is 0 Å². The van der Waals surface area contributed by atoms with Gasteiger partial charge in [-0.2, -0.15) is 0 Å². The standard InChI is InChI=1S/C11H19N3O4/c1-13(6-7-15)10(17)11(18)14-4-2-8(3-5-14)9(12)16/h8,15H,2-7H2,1H3,(H2,12,16). The number of aliphatic hydroxyl groups excluding tert-OH is 1. The molecule has 1 heterocycles. The van der Waals surface area contributed by atoms with Gasteiger partial charge < -0.3 is 20.6 Å². The summed E-state index contributed by atoms with van der Waals surface area (Å²) in [5.74, 6) is -1.79. The molecular formula is C11H19N3O4. The molecule has 0 aromatic heterocycles. The van der Waals surface area contributed by atoms with Crippen molar-refractivity contribution in [2.45, 2.75) is 12.8 Å². The molecular weight excluding hydrogens is 238 g/mol. The molecule has 1 saturated heterocycles. The van der Waals surface area contributed by atoms with Gasteiger partial charge in [0.05, 0.1) is 6.61 Å². The zero-order valence-corrected chi connectivity index (χ0v) is 10.5. The summed E-state index contributed by atoms with van der Waals surface area (Å²) < 4.78 is 0. The fraction of sp³-hybridized carbons (Fsp3) is 0.727. The lowest BCUT2D eigenvalue weighted by Gasteiger charge is -2.31. The molecule has 0 spiro atoms. The molecule has 0 aliphatic carbocycles. The second-order valence-electron chi connectivity index (χ2n) is 4.42. The first-order valence-electron chi connectivity index (χ1n) is 5.92. The Balaban J connectivity index is 2.49. The minimum Gasteiger partial charge on any atom is -0.395 e. The first kappa shape index (κ1) is 14.4. The average molecular weight is 257 g/mol. The maximum absolute atomic E-state index is 11.8. The van der Waals surface area contributed by atoms with Crippen LogP contribution in [0.25, 0.3) is 0 Å². The van der Waals surface area contributed by atoms with Crippen molar-refractivity contribution in [3.63, 3.8) is 0 Å². The van der Waals surface area contributed by atoms with Gasteiger partial charge in [-0.15, -0.1) is 0 Å². The molecule has 1 rings (SSSR count). The van der Waals surface area contributed by atoms with Gasteiger partial charge in [-0.05, 0) is 12.8 Å². The van der Waals surface area contributed by atoms with E-state index in [-0.39, 0.29) is 25.0 Å². The van der Waals surface area contributed by atoms with Crippen LogP contribution in [0.3, 0.4) is 0 Å². The molecule has 1 aliphatic heterocycles. The van der Waals surface area contributed by atoms with Crippen LogP contribution < -0.4 is 5.73 Å². The van der Waals surface area contributed by atoms with E-state index in [9.17, 15) is 14.4 Å². The minimum absolute atomic E-state index is 0.127. The number of carbonyl (C=O) groups is 3. The third-order valence-electron chi connectivity index (χ3n) is 3.15. The number of likely N-dealkylation sites (tertiary alicyclic amines) is 1. The molecule has 102 valence electrons. The third kappa shape index (κ3) is 3.43. The molecule has 7 nitrogen and oxygen atoms in total. The van der Waals surface area contributed by atoms with Crippen LogP contribution in [0.15, 0.2) is 0 Å². The van der Waals surface area contributed by atoms with E-state index in [2.05, 4.69) is 0 Å². The fourth-order valence-electron chi connectivity index (χ4n) is 1.92. The molecule has 0 unspecified atom stereocenters. The quantitative estimate of drug-likeness (QED) is 0.580. The Bertz CT molecular complexity index is 337. The van der Waals surface area contributed by atoms with E-state index in [1.165, 1.54) is 16.8 Å². The lowest BCUT2D eigenvalue weighted by atomic mass is 9.96. The lowest BCUT2D eigenvalue weighted by molar-refractivity contribution is -0.152. The van der Waals surface area contributed by atoms with Gasteiger partial charge in [-0.25, -0.2) is 0 Å². The summed E-state index contributed by atoms with van der Waals surface area (Å²) >= 11 is 0. The first-order valence-corrected chi connectivity index (χ1v) is 5.92. The fourth-order valence-corrected chi connectivity index (χ4v) is 1.92. The summed E-state index contributed by atoms with van der Waals surface area (Å²) in [5, 5.41) is 8.70. The zero-order chi connectivity index (χ0) is 13.7. The van der Waals surface area contributed by atoms with E-state index >= 15 is 0 Å². The van der Waals surface area contributed by atoms with E-state index in [0.29, 0.717) is 25.9 Å². The summed E-state index contributed by atoms with van der Waals surface area (Å²) in [6, 6.07) is 0. The Morgan fingerprint density at radius 2 is 1.89 bits per heavy atom. The normalized spacial score (nSPS) is 16.4. The van der Waals surface area contributed by atoms with Gasteiger partial charge in [0.15, 0.2) is 0 Å². The molecule has 3 amide bonds. The van der Waals surface area contributed by atoms with Crippen LogP contribution in [0.1, 0.15) is 12.8 Å². The number of piperidine rings is 1. The Labute approximate surface area is 106 Å². The highest BCUT2D eigenvalue weighted by atomic mass is 16.3. The average Bonchev–Trinajstić information content (AvgIpc) is 2.37. The topological polar surface area (TPSA) is 104 Å². The van der Waals surface area contributed by atoms with Crippen LogP contribution in [-0.4, -0.2) is 65.9 Å². The Morgan fingerprint density at radius 3 is 2.33 bits per heavy atom.